The van der Waals surface area contributed by atoms with Gasteiger partial charge in [-0.05, 0) is 85.9 Å². The van der Waals surface area contributed by atoms with Crippen molar-refractivity contribution in [2.45, 2.75) is 77.7 Å². The molecule has 0 saturated carbocycles. The molecule has 0 aliphatic heterocycles. The zero-order chi connectivity index (χ0) is 35.2. The quantitative estimate of drug-likeness (QED) is 0.0744. The molecular formula is C41H48F2N4OS. The Morgan fingerprint density at radius 1 is 0.918 bits per heavy atom. The van der Waals surface area contributed by atoms with E-state index in [0.717, 1.165) is 59.5 Å². The molecular weight excluding hydrogens is 635 g/mol. The third-order valence-corrected chi connectivity index (χ3v) is 9.05. The van der Waals surface area contributed by atoms with Crippen LogP contribution < -0.4 is 15.8 Å². The van der Waals surface area contributed by atoms with Gasteiger partial charge in [0.1, 0.15) is 11.6 Å². The van der Waals surface area contributed by atoms with Gasteiger partial charge < -0.3 is 15.8 Å². The average molecular weight is 683 g/mol. The van der Waals surface area contributed by atoms with Crippen LogP contribution in [0.5, 0.6) is 5.75 Å². The Morgan fingerprint density at radius 3 is 2.24 bits per heavy atom. The SMILES string of the molecule is Cc1cccc(C)c1NC(=NC(C)C/C=C\c1ccc(C(N)=NCCCC(C)c2ccc(OC(C)(F)F)cc2)cc1)SCc1ccccc1. The molecule has 4 rings (SSSR count). The lowest BCUT2D eigenvalue weighted by molar-refractivity contribution is -0.158. The minimum absolute atomic E-state index is 0.0959. The topological polar surface area (TPSA) is 72.0 Å². The van der Waals surface area contributed by atoms with E-state index < -0.39 is 6.11 Å². The minimum atomic E-state index is -3.19. The molecule has 2 atom stereocenters. The average Bonchev–Trinajstić information content (AvgIpc) is 3.07. The molecule has 0 fully saturated rings. The van der Waals surface area contributed by atoms with Crippen molar-refractivity contribution in [3.63, 3.8) is 0 Å². The molecule has 0 aliphatic carbocycles. The number of benzene rings is 4. The van der Waals surface area contributed by atoms with E-state index in [4.69, 9.17) is 10.7 Å². The fraction of sp³-hybridized carbons (Fsp3) is 0.317. The first-order valence-corrected chi connectivity index (χ1v) is 17.8. The normalized spacial score (nSPS) is 13.8. The molecule has 5 nitrogen and oxygen atoms in total. The number of aryl methyl sites for hydroxylation is 2. The van der Waals surface area contributed by atoms with E-state index in [1.165, 1.54) is 16.7 Å². The van der Waals surface area contributed by atoms with Gasteiger partial charge in [-0.25, -0.2) is 0 Å². The van der Waals surface area contributed by atoms with Crippen LogP contribution >= 0.6 is 11.8 Å². The predicted octanol–water partition coefficient (Wildman–Crippen LogP) is 10.8. The second kappa shape index (κ2) is 18.4. The van der Waals surface area contributed by atoms with Crippen LogP contribution in [0.25, 0.3) is 6.08 Å². The molecule has 0 spiro atoms. The highest BCUT2D eigenvalue weighted by atomic mass is 32.2. The van der Waals surface area contributed by atoms with E-state index in [0.29, 0.717) is 12.4 Å². The lowest BCUT2D eigenvalue weighted by Gasteiger charge is -2.16. The third kappa shape index (κ3) is 12.8. The predicted molar refractivity (Wildman–Crippen MR) is 205 cm³/mol. The molecule has 0 aromatic heterocycles. The van der Waals surface area contributed by atoms with Crippen molar-refractivity contribution >= 4 is 34.5 Å². The van der Waals surface area contributed by atoms with Crippen LogP contribution in [0.15, 0.2) is 113 Å². The van der Waals surface area contributed by atoms with Crippen molar-refractivity contribution in [3.8, 4) is 5.75 Å². The van der Waals surface area contributed by atoms with Gasteiger partial charge in [0.2, 0.25) is 0 Å². The van der Waals surface area contributed by atoms with Crippen LogP contribution in [0.3, 0.4) is 0 Å². The van der Waals surface area contributed by atoms with E-state index in [-0.39, 0.29) is 17.7 Å². The fourth-order valence-electron chi connectivity index (χ4n) is 5.30. The minimum Gasteiger partial charge on any atom is -0.433 e. The molecule has 0 heterocycles. The molecule has 8 heteroatoms. The van der Waals surface area contributed by atoms with Gasteiger partial charge in [-0.2, -0.15) is 8.78 Å². The summed E-state index contributed by atoms with van der Waals surface area (Å²) < 4.78 is 30.8. The summed E-state index contributed by atoms with van der Waals surface area (Å²) in [5, 5.41) is 4.54. The number of para-hydroxylation sites is 1. The van der Waals surface area contributed by atoms with Crippen LogP contribution in [0.4, 0.5) is 14.5 Å². The van der Waals surface area contributed by atoms with Gasteiger partial charge in [-0.15, -0.1) is 0 Å². The number of hydrogen-bond donors (Lipinski definition) is 2. The van der Waals surface area contributed by atoms with Gasteiger partial charge >= 0.3 is 6.11 Å². The van der Waals surface area contributed by atoms with Gasteiger partial charge in [0.25, 0.3) is 0 Å². The molecule has 258 valence electrons. The lowest BCUT2D eigenvalue weighted by Crippen LogP contribution is -2.19. The Morgan fingerprint density at radius 2 is 1.59 bits per heavy atom. The van der Waals surface area contributed by atoms with Gasteiger partial charge in [-0.1, -0.05) is 116 Å². The number of alkyl halides is 2. The third-order valence-electron chi connectivity index (χ3n) is 8.09. The lowest BCUT2D eigenvalue weighted by atomic mass is 9.96. The second-order valence-electron chi connectivity index (χ2n) is 12.5. The van der Waals surface area contributed by atoms with Crippen molar-refractivity contribution in [2.24, 2.45) is 15.7 Å². The van der Waals surface area contributed by atoms with Crippen molar-refractivity contribution < 1.29 is 13.5 Å². The zero-order valence-corrected chi connectivity index (χ0v) is 29.9. The smallest absolute Gasteiger partial charge is 0.394 e. The van der Waals surface area contributed by atoms with Crippen LogP contribution in [0, 0.1) is 13.8 Å². The molecule has 0 bridgehead atoms. The van der Waals surface area contributed by atoms with Gasteiger partial charge in [0.15, 0.2) is 5.17 Å². The van der Waals surface area contributed by atoms with E-state index in [1.807, 2.05) is 30.3 Å². The number of hydrogen-bond acceptors (Lipinski definition) is 4. The van der Waals surface area contributed by atoms with E-state index in [1.54, 1.807) is 23.9 Å². The number of anilines is 1. The van der Waals surface area contributed by atoms with Crippen LogP contribution in [-0.4, -0.2) is 29.7 Å². The summed E-state index contributed by atoms with van der Waals surface area (Å²) in [6.07, 6.45) is 3.67. The first kappa shape index (κ1) is 37.4. The maximum Gasteiger partial charge on any atom is 0.394 e. The largest absolute Gasteiger partial charge is 0.433 e. The molecule has 4 aromatic rings. The Balaban J connectivity index is 1.27. The maximum absolute atomic E-state index is 13.1. The Kier molecular flexibility index (Phi) is 14.0. The van der Waals surface area contributed by atoms with Crippen LogP contribution in [-0.2, 0) is 5.75 Å². The van der Waals surface area contributed by atoms with E-state index in [9.17, 15) is 8.78 Å². The number of nitrogens with zero attached hydrogens (tertiary/aromatic N) is 2. The van der Waals surface area contributed by atoms with Crippen molar-refractivity contribution in [1.29, 1.82) is 0 Å². The zero-order valence-electron chi connectivity index (χ0n) is 29.1. The summed E-state index contributed by atoms with van der Waals surface area (Å²) in [7, 11) is 0. The summed E-state index contributed by atoms with van der Waals surface area (Å²) in [5.74, 6) is 1.78. The number of ether oxygens (including phenoxy) is 1. The molecule has 0 radical (unpaired) electrons. The Bertz CT molecular complexity index is 1680. The highest BCUT2D eigenvalue weighted by molar-refractivity contribution is 8.13. The molecule has 49 heavy (non-hydrogen) atoms. The Hall–Kier alpha value is -4.43. The van der Waals surface area contributed by atoms with Gasteiger partial charge in [-0.3, -0.25) is 9.98 Å². The number of thioether (sulfide) groups is 1. The number of aliphatic imine (C=N–C) groups is 2. The second-order valence-corrected chi connectivity index (χ2v) is 13.5. The summed E-state index contributed by atoms with van der Waals surface area (Å²) in [4.78, 5) is 9.65. The number of nitrogens with one attached hydrogen (secondary N) is 1. The number of amidine groups is 2. The number of rotatable bonds is 15. The Labute approximate surface area is 294 Å². The summed E-state index contributed by atoms with van der Waals surface area (Å²) in [5.41, 5.74) is 14.1. The monoisotopic (exact) mass is 682 g/mol. The van der Waals surface area contributed by atoms with Crippen molar-refractivity contribution in [2.75, 3.05) is 11.9 Å². The summed E-state index contributed by atoms with van der Waals surface area (Å²) in [6.45, 7) is 9.85. The number of nitrogens with two attached hydrogens (primary N) is 1. The first-order valence-electron chi connectivity index (χ1n) is 16.8. The molecule has 4 aromatic carbocycles. The maximum atomic E-state index is 13.1. The molecule has 0 amide bonds. The highest BCUT2D eigenvalue weighted by Crippen LogP contribution is 2.27. The van der Waals surface area contributed by atoms with E-state index in [2.05, 4.69) is 109 Å². The standard InChI is InChI=1S/C41H48F2N4OS/c1-29(35-23-25-37(26-24-35)48-41(5,42)43)14-11-27-45-39(44)36-21-19-33(20-22-36)18-10-15-32(4)46-40(49-28-34-16-7-6-8-17-34)47-38-30(2)12-9-13-31(38)3/h6-10,12-13,16-26,29,32H,11,14-15,27-28H2,1-5H3,(H2,44,45)(H,46,47)/b18-10-. The first-order chi connectivity index (χ1) is 23.5. The molecule has 2 unspecified atom stereocenters. The molecule has 3 N–H and O–H groups in total. The summed E-state index contributed by atoms with van der Waals surface area (Å²) in [6, 6.07) is 31.8. The van der Waals surface area contributed by atoms with E-state index >= 15 is 0 Å². The highest BCUT2D eigenvalue weighted by Gasteiger charge is 2.23. The fourth-order valence-corrected chi connectivity index (χ4v) is 6.22. The number of halogens is 2. The van der Waals surface area contributed by atoms with Gasteiger partial charge in [0, 0.05) is 30.5 Å². The molecule has 0 saturated heterocycles. The van der Waals surface area contributed by atoms with Crippen molar-refractivity contribution in [3.05, 3.63) is 137 Å². The van der Waals surface area contributed by atoms with Gasteiger partial charge in [0.05, 0.1) is 6.04 Å². The van der Waals surface area contributed by atoms with Crippen LogP contribution in [0.2, 0.25) is 0 Å². The summed E-state index contributed by atoms with van der Waals surface area (Å²) >= 11 is 1.72. The molecule has 0 aliphatic rings. The van der Waals surface area contributed by atoms with Crippen LogP contribution in [0.1, 0.15) is 79.3 Å². The van der Waals surface area contributed by atoms with Crippen molar-refractivity contribution in [1.82, 2.24) is 0 Å².